The van der Waals surface area contributed by atoms with E-state index in [9.17, 15) is 5.11 Å². The van der Waals surface area contributed by atoms with Crippen LogP contribution < -0.4 is 0 Å². The molecule has 0 unspecified atom stereocenters. The topological polar surface area (TPSA) is 33.4 Å². The van der Waals surface area contributed by atoms with E-state index in [2.05, 4.69) is 15.9 Å². The first-order chi connectivity index (χ1) is 7.29. The van der Waals surface area contributed by atoms with Crippen LogP contribution >= 0.6 is 15.9 Å². The highest BCUT2D eigenvalue weighted by atomic mass is 79.9. The maximum absolute atomic E-state index is 10.0. The Balaban J connectivity index is 2.69. The molecule has 1 heterocycles. The third-order valence-electron chi connectivity index (χ3n) is 2.54. The number of phenols is 1. The molecule has 3 heteroatoms. The first-order valence-electron chi connectivity index (χ1n) is 4.55. The zero-order chi connectivity index (χ0) is 10.4. The minimum absolute atomic E-state index is 0.203. The van der Waals surface area contributed by atoms with Gasteiger partial charge in [0.25, 0.3) is 0 Å². The molecule has 2 nitrogen and oxygen atoms in total. The molecule has 0 aliphatic rings. The predicted octanol–water partition coefficient (Wildman–Crippen LogP) is 4.05. The quantitative estimate of drug-likeness (QED) is 0.663. The highest BCUT2D eigenvalue weighted by Crippen LogP contribution is 2.40. The fraction of sp³-hybridized carbons (Fsp3) is 0. The van der Waals surface area contributed by atoms with Crippen LogP contribution in [-0.2, 0) is 0 Å². The molecule has 2 aromatic carbocycles. The lowest BCUT2D eigenvalue weighted by Crippen LogP contribution is -1.77. The summed E-state index contributed by atoms with van der Waals surface area (Å²) in [5, 5.41) is 12.7. The summed E-state index contributed by atoms with van der Waals surface area (Å²) < 4.78 is 6.22. The van der Waals surface area contributed by atoms with Gasteiger partial charge >= 0.3 is 0 Å². The number of furan rings is 1. The number of rotatable bonds is 0. The number of benzene rings is 2. The highest BCUT2D eigenvalue weighted by molar-refractivity contribution is 9.10. The molecule has 0 spiro atoms. The van der Waals surface area contributed by atoms with Gasteiger partial charge in [0.1, 0.15) is 0 Å². The van der Waals surface area contributed by atoms with Gasteiger partial charge in [-0.2, -0.15) is 0 Å². The highest BCUT2D eigenvalue weighted by Gasteiger charge is 2.13. The molecule has 3 rings (SSSR count). The van der Waals surface area contributed by atoms with Gasteiger partial charge in [-0.3, -0.25) is 0 Å². The van der Waals surface area contributed by atoms with Crippen molar-refractivity contribution in [2.45, 2.75) is 0 Å². The summed E-state index contributed by atoms with van der Waals surface area (Å²) in [5.41, 5.74) is 0.528. The average molecular weight is 263 g/mol. The summed E-state index contributed by atoms with van der Waals surface area (Å²) in [4.78, 5) is 0. The molecule has 0 atom stereocenters. The first-order valence-corrected chi connectivity index (χ1v) is 5.34. The van der Waals surface area contributed by atoms with Crippen LogP contribution in [0.25, 0.3) is 21.7 Å². The summed E-state index contributed by atoms with van der Waals surface area (Å²) in [6.45, 7) is 0. The van der Waals surface area contributed by atoms with Crippen LogP contribution in [0.1, 0.15) is 0 Å². The van der Waals surface area contributed by atoms with Crippen LogP contribution in [0.3, 0.4) is 0 Å². The number of halogens is 1. The van der Waals surface area contributed by atoms with E-state index < -0.39 is 0 Å². The predicted molar refractivity (Wildman–Crippen MR) is 63.1 cm³/mol. The number of phenolic OH excluding ortho intramolecular Hbond substituents is 1. The maximum atomic E-state index is 10.0. The fourth-order valence-corrected chi connectivity index (χ4v) is 2.47. The molecule has 0 radical (unpaired) electrons. The van der Waals surface area contributed by atoms with Crippen LogP contribution in [0.2, 0.25) is 0 Å². The summed E-state index contributed by atoms with van der Waals surface area (Å²) >= 11 is 3.52. The Morgan fingerprint density at radius 3 is 2.53 bits per heavy atom. The molecule has 1 aromatic heterocycles. The summed E-state index contributed by atoms with van der Waals surface area (Å²) in [6.07, 6.45) is 1.58. The maximum Gasteiger partial charge on any atom is 0.177 e. The average Bonchev–Trinajstić information content (AvgIpc) is 2.75. The van der Waals surface area contributed by atoms with Gasteiger partial charge in [-0.05, 0) is 22.0 Å². The lowest BCUT2D eigenvalue weighted by Gasteiger charge is -2.04. The zero-order valence-corrected chi connectivity index (χ0v) is 9.28. The molecule has 1 N–H and O–H groups in total. The van der Waals surface area contributed by atoms with Gasteiger partial charge in [0.2, 0.25) is 0 Å². The van der Waals surface area contributed by atoms with E-state index >= 15 is 0 Å². The molecule has 0 fully saturated rings. The minimum atomic E-state index is 0.203. The second-order valence-electron chi connectivity index (χ2n) is 3.37. The Bertz CT molecular complexity index is 600. The summed E-state index contributed by atoms with van der Waals surface area (Å²) in [6, 6.07) is 9.51. The van der Waals surface area contributed by atoms with Crippen LogP contribution in [-0.4, -0.2) is 5.11 Å². The van der Waals surface area contributed by atoms with Gasteiger partial charge in [0.05, 0.1) is 6.26 Å². The van der Waals surface area contributed by atoms with Crippen molar-refractivity contribution in [2.75, 3.05) is 0 Å². The summed E-state index contributed by atoms with van der Waals surface area (Å²) in [7, 11) is 0. The Morgan fingerprint density at radius 1 is 1.00 bits per heavy atom. The number of fused-ring (bicyclic) bond motifs is 2. The molecule has 74 valence electrons. The van der Waals surface area contributed by atoms with E-state index in [1.54, 1.807) is 6.26 Å². The molecular formula is C12H7BrO2. The van der Waals surface area contributed by atoms with Crippen LogP contribution in [0.15, 0.2) is 45.5 Å². The van der Waals surface area contributed by atoms with E-state index in [0.29, 0.717) is 5.58 Å². The molecule has 0 aliphatic heterocycles. The van der Waals surface area contributed by atoms with Gasteiger partial charge in [0.15, 0.2) is 11.3 Å². The van der Waals surface area contributed by atoms with Crippen LogP contribution in [0, 0.1) is 0 Å². The van der Waals surface area contributed by atoms with Gasteiger partial charge in [0, 0.05) is 20.6 Å². The van der Waals surface area contributed by atoms with E-state index in [1.165, 1.54) is 0 Å². The van der Waals surface area contributed by atoms with E-state index in [1.807, 2.05) is 30.3 Å². The van der Waals surface area contributed by atoms with Crippen molar-refractivity contribution in [3.63, 3.8) is 0 Å². The summed E-state index contributed by atoms with van der Waals surface area (Å²) in [5.74, 6) is 0.203. The van der Waals surface area contributed by atoms with Gasteiger partial charge in [-0.25, -0.2) is 0 Å². The first kappa shape index (κ1) is 8.80. The molecular weight excluding hydrogens is 256 g/mol. The Labute approximate surface area is 94.3 Å². The van der Waals surface area contributed by atoms with E-state index in [0.717, 1.165) is 20.6 Å². The Hall–Kier alpha value is -1.48. The van der Waals surface area contributed by atoms with Crippen molar-refractivity contribution in [2.24, 2.45) is 0 Å². The Morgan fingerprint density at radius 2 is 1.73 bits per heavy atom. The largest absolute Gasteiger partial charge is 0.504 e. The van der Waals surface area contributed by atoms with Crippen LogP contribution in [0.4, 0.5) is 0 Å². The number of hydrogen-bond acceptors (Lipinski definition) is 2. The molecule has 0 aliphatic carbocycles. The van der Waals surface area contributed by atoms with E-state index in [-0.39, 0.29) is 5.75 Å². The monoisotopic (exact) mass is 262 g/mol. The lowest BCUT2D eigenvalue weighted by atomic mass is 10.1. The molecule has 0 saturated carbocycles. The van der Waals surface area contributed by atoms with Crippen molar-refractivity contribution in [3.05, 3.63) is 41.1 Å². The van der Waals surface area contributed by atoms with Gasteiger partial charge in [-0.1, -0.05) is 24.3 Å². The van der Waals surface area contributed by atoms with Crippen LogP contribution in [0.5, 0.6) is 5.75 Å². The number of hydrogen-bond donors (Lipinski definition) is 1. The Kier molecular flexibility index (Phi) is 1.76. The minimum Gasteiger partial charge on any atom is -0.504 e. The number of aromatic hydroxyl groups is 1. The van der Waals surface area contributed by atoms with E-state index in [4.69, 9.17) is 4.42 Å². The third kappa shape index (κ3) is 1.10. The molecule has 0 bridgehead atoms. The van der Waals surface area contributed by atoms with Crippen molar-refractivity contribution >= 4 is 37.7 Å². The fourth-order valence-electron chi connectivity index (χ4n) is 1.81. The second-order valence-corrected chi connectivity index (χ2v) is 4.16. The van der Waals surface area contributed by atoms with Gasteiger partial charge in [-0.15, -0.1) is 0 Å². The molecule has 15 heavy (non-hydrogen) atoms. The SMILES string of the molecule is Oc1c2ccccc2c(Br)c2ccoc12. The smallest absolute Gasteiger partial charge is 0.177 e. The molecule has 0 saturated heterocycles. The zero-order valence-electron chi connectivity index (χ0n) is 7.70. The lowest BCUT2D eigenvalue weighted by molar-refractivity contribution is 0.471. The van der Waals surface area contributed by atoms with Crippen molar-refractivity contribution < 1.29 is 9.52 Å². The second kappa shape index (κ2) is 3.00. The molecule has 0 amide bonds. The van der Waals surface area contributed by atoms with Crippen molar-refractivity contribution in [3.8, 4) is 5.75 Å². The van der Waals surface area contributed by atoms with Gasteiger partial charge < -0.3 is 9.52 Å². The standard InChI is InChI=1S/C12H7BrO2/c13-10-7-3-1-2-4-8(7)11(14)12-9(10)5-6-15-12/h1-6,14H. The molecule has 3 aromatic rings. The normalized spacial score (nSPS) is 11.3. The third-order valence-corrected chi connectivity index (χ3v) is 3.39. The van der Waals surface area contributed by atoms with Crippen molar-refractivity contribution in [1.82, 2.24) is 0 Å². The van der Waals surface area contributed by atoms with Crippen molar-refractivity contribution in [1.29, 1.82) is 0 Å².